The highest BCUT2D eigenvalue weighted by molar-refractivity contribution is 6.09. The molecule has 0 amide bonds. The molecular weight excluding hydrogens is 238 g/mol. The zero-order valence-corrected chi connectivity index (χ0v) is 11.2. The Bertz CT molecular complexity index is 594. The molecule has 1 fully saturated rings. The van der Waals surface area contributed by atoms with E-state index >= 15 is 0 Å². The minimum atomic E-state index is 0.217. The number of nitrogens with one attached hydrogen (secondary N) is 1. The lowest BCUT2D eigenvalue weighted by Crippen LogP contribution is -2.10. The number of aromatic amines is 1. The van der Waals surface area contributed by atoms with Gasteiger partial charge >= 0.3 is 0 Å². The highest BCUT2D eigenvalue weighted by Gasteiger charge is 2.25. The summed E-state index contributed by atoms with van der Waals surface area (Å²) in [5.74, 6) is 1.34. The van der Waals surface area contributed by atoms with E-state index in [9.17, 15) is 4.79 Å². The first-order valence-electron chi connectivity index (χ1n) is 7.07. The van der Waals surface area contributed by atoms with Gasteiger partial charge in [0.05, 0.1) is 6.61 Å². The van der Waals surface area contributed by atoms with Gasteiger partial charge in [0, 0.05) is 28.6 Å². The smallest absolute Gasteiger partial charge is 0.168 e. The summed E-state index contributed by atoms with van der Waals surface area (Å²) in [5, 5.41) is 0.989. The molecule has 1 aromatic carbocycles. The van der Waals surface area contributed by atoms with Gasteiger partial charge in [0.15, 0.2) is 5.78 Å². The van der Waals surface area contributed by atoms with Crippen LogP contribution in [0.5, 0.6) is 5.75 Å². The van der Waals surface area contributed by atoms with E-state index in [0.29, 0.717) is 6.61 Å². The van der Waals surface area contributed by atoms with Crippen LogP contribution in [-0.2, 0) is 0 Å². The molecule has 0 unspecified atom stereocenters. The van der Waals surface area contributed by atoms with E-state index in [1.807, 2.05) is 31.3 Å². The van der Waals surface area contributed by atoms with Crippen LogP contribution in [0, 0.1) is 5.92 Å². The lowest BCUT2D eigenvalue weighted by atomic mass is 9.96. The lowest BCUT2D eigenvalue weighted by molar-refractivity contribution is 0.0924. The van der Waals surface area contributed by atoms with Crippen molar-refractivity contribution in [3.05, 3.63) is 30.0 Å². The van der Waals surface area contributed by atoms with Gasteiger partial charge in [-0.05, 0) is 38.0 Å². The van der Waals surface area contributed by atoms with E-state index in [0.717, 1.165) is 35.1 Å². The van der Waals surface area contributed by atoms with E-state index < -0.39 is 0 Å². The Morgan fingerprint density at radius 2 is 2.16 bits per heavy atom. The van der Waals surface area contributed by atoms with Crippen LogP contribution in [0.3, 0.4) is 0 Å². The molecule has 100 valence electrons. The molecule has 0 radical (unpaired) electrons. The minimum absolute atomic E-state index is 0.217. The number of carbonyl (C=O) groups is 1. The molecule has 1 N–H and O–H groups in total. The van der Waals surface area contributed by atoms with Crippen molar-refractivity contribution in [2.24, 2.45) is 5.92 Å². The second-order valence-electron chi connectivity index (χ2n) is 5.19. The molecule has 3 heteroatoms. The first-order valence-corrected chi connectivity index (χ1v) is 7.07. The Morgan fingerprint density at radius 1 is 1.37 bits per heavy atom. The summed E-state index contributed by atoms with van der Waals surface area (Å²) in [6.07, 6.45) is 6.29. The molecule has 1 aromatic heterocycles. The zero-order valence-electron chi connectivity index (χ0n) is 11.2. The predicted molar refractivity (Wildman–Crippen MR) is 75.8 cm³/mol. The predicted octanol–water partition coefficient (Wildman–Crippen LogP) is 3.94. The largest absolute Gasteiger partial charge is 0.494 e. The molecule has 0 spiro atoms. The summed E-state index contributed by atoms with van der Waals surface area (Å²) in [7, 11) is 0. The molecule has 0 saturated heterocycles. The van der Waals surface area contributed by atoms with E-state index in [-0.39, 0.29) is 11.7 Å². The van der Waals surface area contributed by atoms with E-state index in [1.54, 1.807) is 0 Å². The van der Waals surface area contributed by atoms with Gasteiger partial charge in [0.1, 0.15) is 5.75 Å². The third kappa shape index (κ3) is 2.25. The summed E-state index contributed by atoms with van der Waals surface area (Å²) in [5.41, 5.74) is 1.83. The number of aromatic nitrogens is 1. The first kappa shape index (κ1) is 12.3. The van der Waals surface area contributed by atoms with Gasteiger partial charge < -0.3 is 9.72 Å². The molecule has 1 saturated carbocycles. The van der Waals surface area contributed by atoms with Crippen LogP contribution in [0.25, 0.3) is 10.9 Å². The Balaban J connectivity index is 1.98. The molecule has 3 nitrogen and oxygen atoms in total. The fourth-order valence-corrected chi connectivity index (χ4v) is 2.97. The van der Waals surface area contributed by atoms with Gasteiger partial charge in [0.2, 0.25) is 0 Å². The Morgan fingerprint density at radius 3 is 2.89 bits per heavy atom. The van der Waals surface area contributed by atoms with E-state index in [1.165, 1.54) is 12.8 Å². The molecule has 1 aliphatic carbocycles. The van der Waals surface area contributed by atoms with Crippen LogP contribution >= 0.6 is 0 Å². The van der Waals surface area contributed by atoms with Crippen molar-refractivity contribution in [3.8, 4) is 5.75 Å². The average molecular weight is 257 g/mol. The number of ketones is 1. The fourth-order valence-electron chi connectivity index (χ4n) is 2.97. The Kier molecular flexibility index (Phi) is 3.28. The molecule has 1 aliphatic rings. The summed E-state index contributed by atoms with van der Waals surface area (Å²) in [6, 6.07) is 5.88. The van der Waals surface area contributed by atoms with Gasteiger partial charge in [-0.1, -0.05) is 12.8 Å². The van der Waals surface area contributed by atoms with Gasteiger partial charge in [-0.3, -0.25) is 4.79 Å². The van der Waals surface area contributed by atoms with Gasteiger partial charge in [-0.25, -0.2) is 0 Å². The molecule has 0 atom stereocenters. The van der Waals surface area contributed by atoms with Crippen LogP contribution in [0.2, 0.25) is 0 Å². The van der Waals surface area contributed by atoms with Gasteiger partial charge in [-0.2, -0.15) is 0 Å². The van der Waals surface area contributed by atoms with Crippen molar-refractivity contribution < 1.29 is 9.53 Å². The first-order chi connectivity index (χ1) is 9.29. The maximum absolute atomic E-state index is 12.5. The third-order valence-corrected chi connectivity index (χ3v) is 3.96. The van der Waals surface area contributed by atoms with Crippen LogP contribution < -0.4 is 4.74 Å². The minimum Gasteiger partial charge on any atom is -0.494 e. The number of hydrogen-bond donors (Lipinski definition) is 1. The lowest BCUT2D eigenvalue weighted by Gasteiger charge is -2.07. The maximum Gasteiger partial charge on any atom is 0.168 e. The number of rotatable bonds is 4. The fraction of sp³-hybridized carbons (Fsp3) is 0.438. The summed E-state index contributed by atoms with van der Waals surface area (Å²) >= 11 is 0. The van der Waals surface area contributed by atoms with Crippen LogP contribution in [0.15, 0.2) is 24.4 Å². The van der Waals surface area contributed by atoms with Crippen molar-refractivity contribution >= 4 is 16.7 Å². The molecule has 0 bridgehead atoms. The van der Waals surface area contributed by atoms with Crippen molar-refractivity contribution in [2.75, 3.05) is 6.61 Å². The van der Waals surface area contributed by atoms with Crippen molar-refractivity contribution in [1.82, 2.24) is 4.98 Å². The summed E-state index contributed by atoms with van der Waals surface area (Å²) < 4.78 is 5.52. The Labute approximate surface area is 113 Å². The second kappa shape index (κ2) is 5.08. The van der Waals surface area contributed by atoms with Gasteiger partial charge in [-0.15, -0.1) is 0 Å². The van der Waals surface area contributed by atoms with E-state index in [2.05, 4.69) is 4.98 Å². The second-order valence-corrected chi connectivity index (χ2v) is 5.19. The van der Waals surface area contributed by atoms with Crippen molar-refractivity contribution in [3.63, 3.8) is 0 Å². The number of Topliss-reactive ketones (excluding diaryl/α,β-unsaturated/α-hetero) is 1. The number of ether oxygens (including phenoxy) is 1. The standard InChI is InChI=1S/C16H19NO2/c1-2-19-12-7-8-15-13(9-12)14(10-17-15)16(18)11-5-3-4-6-11/h7-11,17H,2-6H2,1H3. The molecular formula is C16H19NO2. The molecule has 3 rings (SSSR count). The van der Waals surface area contributed by atoms with Crippen LogP contribution in [0.1, 0.15) is 43.0 Å². The topological polar surface area (TPSA) is 42.1 Å². The van der Waals surface area contributed by atoms with Crippen LogP contribution in [-0.4, -0.2) is 17.4 Å². The van der Waals surface area contributed by atoms with Crippen molar-refractivity contribution in [2.45, 2.75) is 32.6 Å². The van der Waals surface area contributed by atoms with Gasteiger partial charge in [0.25, 0.3) is 0 Å². The molecule has 2 aromatic rings. The summed E-state index contributed by atoms with van der Waals surface area (Å²) in [6.45, 7) is 2.60. The highest BCUT2D eigenvalue weighted by Crippen LogP contribution is 2.31. The SMILES string of the molecule is CCOc1ccc2[nH]cc(C(=O)C3CCCC3)c2c1. The number of benzene rings is 1. The number of hydrogen-bond acceptors (Lipinski definition) is 2. The average Bonchev–Trinajstić information content (AvgIpc) is 3.07. The summed E-state index contributed by atoms with van der Waals surface area (Å²) in [4.78, 5) is 15.7. The van der Waals surface area contributed by atoms with Crippen molar-refractivity contribution in [1.29, 1.82) is 0 Å². The monoisotopic (exact) mass is 257 g/mol. The zero-order chi connectivity index (χ0) is 13.2. The number of carbonyl (C=O) groups excluding carboxylic acids is 1. The van der Waals surface area contributed by atoms with Crippen LogP contribution in [0.4, 0.5) is 0 Å². The highest BCUT2D eigenvalue weighted by atomic mass is 16.5. The maximum atomic E-state index is 12.5. The molecule has 0 aliphatic heterocycles. The third-order valence-electron chi connectivity index (χ3n) is 3.96. The Hall–Kier alpha value is -1.77. The number of H-pyrrole nitrogens is 1. The number of fused-ring (bicyclic) bond motifs is 1. The normalized spacial score (nSPS) is 16.1. The molecule has 1 heterocycles. The van der Waals surface area contributed by atoms with E-state index in [4.69, 9.17) is 4.74 Å². The quantitative estimate of drug-likeness (QED) is 0.843. The molecule has 19 heavy (non-hydrogen) atoms.